The highest BCUT2D eigenvalue weighted by Crippen LogP contribution is 2.38. The minimum atomic E-state index is -0.176. The van der Waals surface area contributed by atoms with Crippen LogP contribution in [0, 0.1) is 0 Å². The summed E-state index contributed by atoms with van der Waals surface area (Å²) in [7, 11) is 0. The van der Waals surface area contributed by atoms with Crippen molar-refractivity contribution < 1.29 is 9.59 Å². The first-order valence-electron chi connectivity index (χ1n) is 8.58. The number of amides is 2. The number of fused-ring (bicyclic) bond motifs is 2. The largest absolute Gasteiger partial charge is 0.347 e. The second-order valence-electron chi connectivity index (χ2n) is 6.02. The molecule has 0 spiro atoms. The maximum Gasteiger partial charge on any atom is 0.256 e. The summed E-state index contributed by atoms with van der Waals surface area (Å²) in [6.07, 6.45) is 2.69. The number of benzene rings is 2. The van der Waals surface area contributed by atoms with Crippen molar-refractivity contribution in [2.45, 2.75) is 29.7 Å². The number of rotatable bonds is 4. The molecule has 2 heterocycles. The van der Waals surface area contributed by atoms with Crippen molar-refractivity contribution in [1.82, 2.24) is 10.3 Å². The number of carbonyl (C=O) groups excluding carboxylic acids is 2. The van der Waals surface area contributed by atoms with E-state index in [2.05, 4.69) is 22.5 Å². The van der Waals surface area contributed by atoms with Crippen LogP contribution in [-0.2, 0) is 13.0 Å². The number of thiazole rings is 1. The van der Waals surface area contributed by atoms with E-state index in [1.807, 2.05) is 24.3 Å². The average molecular weight is 396 g/mol. The maximum atomic E-state index is 12.5. The molecule has 0 atom stereocenters. The molecule has 2 amide bonds. The van der Waals surface area contributed by atoms with E-state index in [0.717, 1.165) is 26.1 Å². The minimum Gasteiger partial charge on any atom is -0.347 e. The predicted octanol–water partition coefficient (Wildman–Crippen LogP) is 4.35. The molecule has 2 aromatic carbocycles. The van der Waals surface area contributed by atoms with Crippen molar-refractivity contribution in [3.8, 4) is 0 Å². The summed E-state index contributed by atoms with van der Waals surface area (Å²) in [5.41, 5.74) is 1.81. The summed E-state index contributed by atoms with van der Waals surface area (Å²) >= 11 is 3.12. The van der Waals surface area contributed by atoms with Crippen molar-refractivity contribution in [1.29, 1.82) is 0 Å². The van der Waals surface area contributed by atoms with Crippen molar-refractivity contribution in [3.63, 3.8) is 0 Å². The number of nitrogens with one attached hydrogen (secondary N) is 2. The van der Waals surface area contributed by atoms with Crippen LogP contribution < -0.4 is 10.6 Å². The Kier molecular flexibility index (Phi) is 4.96. The Morgan fingerprint density at radius 1 is 1.19 bits per heavy atom. The molecule has 0 saturated heterocycles. The predicted molar refractivity (Wildman–Crippen MR) is 108 cm³/mol. The van der Waals surface area contributed by atoms with E-state index in [1.165, 1.54) is 11.8 Å². The van der Waals surface area contributed by atoms with Crippen LogP contribution in [-0.4, -0.2) is 16.8 Å². The summed E-state index contributed by atoms with van der Waals surface area (Å²) in [4.78, 5) is 32.1. The minimum absolute atomic E-state index is 0.161. The molecule has 1 aromatic heterocycles. The molecule has 0 radical (unpaired) electrons. The van der Waals surface area contributed by atoms with Gasteiger partial charge in [-0.3, -0.25) is 9.59 Å². The van der Waals surface area contributed by atoms with Crippen molar-refractivity contribution in [2.24, 2.45) is 0 Å². The fraction of sp³-hybridized carbons (Fsp3) is 0.150. The van der Waals surface area contributed by atoms with Crippen LogP contribution >= 0.6 is 23.1 Å². The van der Waals surface area contributed by atoms with Crippen LogP contribution in [0.1, 0.15) is 37.5 Å². The first-order chi connectivity index (χ1) is 13.1. The number of anilines is 1. The smallest absolute Gasteiger partial charge is 0.256 e. The zero-order valence-corrected chi connectivity index (χ0v) is 16.2. The van der Waals surface area contributed by atoms with Gasteiger partial charge in [0.2, 0.25) is 0 Å². The lowest BCUT2D eigenvalue weighted by atomic mass is 10.1. The maximum absolute atomic E-state index is 12.5. The second kappa shape index (κ2) is 7.54. The van der Waals surface area contributed by atoms with Crippen LogP contribution in [0.2, 0.25) is 0 Å². The number of nitrogens with zero attached hydrogens (tertiary/aromatic N) is 1. The lowest BCUT2D eigenvalue weighted by molar-refractivity contribution is 0.0949. The SMILES string of the molecule is CCc1ncc(CNC(=O)c2ccc3c(c2)NC(=O)c2ccccc2S3)s1. The molecule has 5 nitrogen and oxygen atoms in total. The molecule has 4 rings (SSSR count). The number of aromatic nitrogens is 1. The standard InChI is InChI=1S/C20H17N3O2S2/c1-2-18-21-10-13(26-18)11-22-19(24)12-7-8-17-15(9-12)23-20(25)14-5-3-4-6-16(14)27-17/h3-10H,2,11H2,1H3,(H,22,24)(H,23,25). The third-order valence-electron chi connectivity index (χ3n) is 4.17. The van der Waals surface area contributed by atoms with Crippen LogP contribution in [0.5, 0.6) is 0 Å². The number of carbonyl (C=O) groups is 2. The topological polar surface area (TPSA) is 71.1 Å². The molecule has 1 aliphatic heterocycles. The summed E-state index contributed by atoms with van der Waals surface area (Å²) in [6.45, 7) is 2.50. The second-order valence-corrected chi connectivity index (χ2v) is 8.30. The summed E-state index contributed by atoms with van der Waals surface area (Å²) in [5, 5.41) is 6.89. The van der Waals surface area contributed by atoms with Crippen molar-refractivity contribution in [3.05, 3.63) is 69.7 Å². The van der Waals surface area contributed by atoms with Gasteiger partial charge in [0.05, 0.1) is 22.8 Å². The summed E-state index contributed by atoms with van der Waals surface area (Å²) < 4.78 is 0. The Balaban J connectivity index is 1.52. The van der Waals surface area contributed by atoms with Crippen LogP contribution in [0.4, 0.5) is 5.69 Å². The Morgan fingerprint density at radius 2 is 2.04 bits per heavy atom. The Hall–Kier alpha value is -2.64. The van der Waals surface area contributed by atoms with Crippen LogP contribution in [0.3, 0.4) is 0 Å². The number of aryl methyl sites for hydroxylation is 1. The van der Waals surface area contributed by atoms with Gasteiger partial charge in [-0.25, -0.2) is 4.98 Å². The van der Waals surface area contributed by atoms with Gasteiger partial charge >= 0.3 is 0 Å². The molecule has 1 aliphatic rings. The normalized spacial score (nSPS) is 12.6. The molecule has 0 fully saturated rings. The lowest BCUT2D eigenvalue weighted by Crippen LogP contribution is -2.22. The quantitative estimate of drug-likeness (QED) is 0.689. The molecule has 2 N–H and O–H groups in total. The molecule has 0 aliphatic carbocycles. The van der Waals surface area contributed by atoms with Gasteiger partial charge in [0.25, 0.3) is 11.8 Å². The third kappa shape index (κ3) is 3.74. The van der Waals surface area contributed by atoms with Gasteiger partial charge < -0.3 is 10.6 Å². The molecule has 7 heteroatoms. The van der Waals surface area contributed by atoms with E-state index in [1.54, 1.807) is 35.7 Å². The Bertz CT molecular complexity index is 1030. The fourth-order valence-corrected chi connectivity index (χ4v) is 4.58. The van der Waals surface area contributed by atoms with Gasteiger partial charge in [-0.15, -0.1) is 11.3 Å². The molecule has 0 bridgehead atoms. The zero-order chi connectivity index (χ0) is 18.8. The van der Waals surface area contributed by atoms with Crippen molar-refractivity contribution in [2.75, 3.05) is 5.32 Å². The fourth-order valence-electron chi connectivity index (χ4n) is 2.77. The van der Waals surface area contributed by atoms with Crippen molar-refractivity contribution >= 4 is 40.6 Å². The van der Waals surface area contributed by atoms with E-state index in [0.29, 0.717) is 23.4 Å². The van der Waals surface area contributed by atoms with Gasteiger partial charge in [0.15, 0.2) is 0 Å². The monoisotopic (exact) mass is 395 g/mol. The van der Waals surface area contributed by atoms with Gasteiger partial charge in [-0.1, -0.05) is 30.8 Å². The van der Waals surface area contributed by atoms with E-state index in [9.17, 15) is 9.59 Å². The highest BCUT2D eigenvalue weighted by atomic mass is 32.2. The molecular weight excluding hydrogens is 378 g/mol. The van der Waals surface area contributed by atoms with Gasteiger partial charge in [0.1, 0.15) is 0 Å². The molecular formula is C20H17N3O2S2. The first-order valence-corrected chi connectivity index (χ1v) is 10.2. The number of hydrogen-bond donors (Lipinski definition) is 2. The van der Waals surface area contributed by atoms with E-state index in [4.69, 9.17) is 0 Å². The van der Waals surface area contributed by atoms with Gasteiger partial charge in [0, 0.05) is 26.4 Å². The first kappa shape index (κ1) is 17.8. The van der Waals surface area contributed by atoms with E-state index < -0.39 is 0 Å². The van der Waals surface area contributed by atoms with Crippen LogP contribution in [0.25, 0.3) is 0 Å². The Labute approximate surface area is 165 Å². The molecule has 0 unspecified atom stereocenters. The zero-order valence-electron chi connectivity index (χ0n) is 14.6. The number of hydrogen-bond acceptors (Lipinski definition) is 5. The molecule has 0 saturated carbocycles. The average Bonchev–Trinajstić information content (AvgIpc) is 3.10. The Morgan fingerprint density at radius 3 is 2.85 bits per heavy atom. The molecule has 27 heavy (non-hydrogen) atoms. The highest BCUT2D eigenvalue weighted by Gasteiger charge is 2.20. The highest BCUT2D eigenvalue weighted by molar-refractivity contribution is 7.99. The van der Waals surface area contributed by atoms with Gasteiger partial charge in [-0.05, 0) is 36.8 Å². The lowest BCUT2D eigenvalue weighted by Gasteiger charge is -2.09. The van der Waals surface area contributed by atoms with E-state index >= 15 is 0 Å². The summed E-state index contributed by atoms with van der Waals surface area (Å²) in [5.74, 6) is -0.337. The molecule has 136 valence electrons. The third-order valence-corrected chi connectivity index (χ3v) is 6.46. The molecule has 3 aromatic rings. The van der Waals surface area contributed by atoms with E-state index in [-0.39, 0.29) is 11.8 Å². The van der Waals surface area contributed by atoms with Gasteiger partial charge in [-0.2, -0.15) is 0 Å². The summed E-state index contributed by atoms with van der Waals surface area (Å²) in [6, 6.07) is 12.9. The van der Waals surface area contributed by atoms with Crippen LogP contribution in [0.15, 0.2) is 58.5 Å².